The van der Waals surface area contributed by atoms with E-state index in [-0.39, 0.29) is 11.8 Å². The lowest BCUT2D eigenvalue weighted by atomic mass is 9.96. The number of primary amides is 2. The van der Waals surface area contributed by atoms with Crippen LogP contribution in [0, 0.1) is 5.92 Å². The first-order chi connectivity index (χ1) is 12.6. The molecule has 3 heterocycles. The van der Waals surface area contributed by atoms with Crippen LogP contribution in [0.4, 0.5) is 11.5 Å². The van der Waals surface area contributed by atoms with Crippen molar-refractivity contribution in [3.8, 4) is 0 Å². The van der Waals surface area contributed by atoms with Gasteiger partial charge in [-0.05, 0) is 25.0 Å². The van der Waals surface area contributed by atoms with Crippen molar-refractivity contribution in [2.75, 3.05) is 23.3 Å². The summed E-state index contributed by atoms with van der Waals surface area (Å²) in [4.78, 5) is 33.5. The monoisotopic (exact) mass is 354 g/mol. The summed E-state index contributed by atoms with van der Waals surface area (Å²) in [6.45, 7) is 1.96. The highest BCUT2D eigenvalue weighted by molar-refractivity contribution is 5.98. The number of carbonyl (C=O) groups is 2. The molecule has 0 bridgehead atoms. The van der Waals surface area contributed by atoms with Gasteiger partial charge in [-0.3, -0.25) is 14.6 Å². The highest BCUT2D eigenvalue weighted by Gasteiger charge is 2.25. The zero-order valence-electron chi connectivity index (χ0n) is 14.4. The predicted molar refractivity (Wildman–Crippen MR) is 98.5 cm³/mol. The Labute approximate surface area is 151 Å². The quantitative estimate of drug-likeness (QED) is 0.707. The molecular formula is C18H22N6O2. The number of hydrogen-bond acceptors (Lipinski definition) is 6. The van der Waals surface area contributed by atoms with Crippen molar-refractivity contribution in [1.82, 2.24) is 9.97 Å². The van der Waals surface area contributed by atoms with E-state index in [0.717, 1.165) is 37.3 Å². The molecule has 2 aromatic rings. The second-order valence-electron chi connectivity index (χ2n) is 6.29. The minimum Gasteiger partial charge on any atom is -0.380 e. The molecule has 1 saturated heterocycles. The fourth-order valence-electron chi connectivity index (χ4n) is 3.16. The van der Waals surface area contributed by atoms with E-state index in [1.165, 1.54) is 6.20 Å². The maximum absolute atomic E-state index is 11.5. The number of amides is 2. The molecule has 2 amide bonds. The van der Waals surface area contributed by atoms with Crippen LogP contribution in [0.1, 0.15) is 28.8 Å². The van der Waals surface area contributed by atoms with Gasteiger partial charge in [0.15, 0.2) is 0 Å². The summed E-state index contributed by atoms with van der Waals surface area (Å²) in [5.41, 5.74) is 12.8. The third-order valence-electron chi connectivity index (χ3n) is 4.62. The van der Waals surface area contributed by atoms with Gasteiger partial charge in [-0.1, -0.05) is 6.07 Å². The van der Waals surface area contributed by atoms with E-state index in [9.17, 15) is 9.59 Å². The van der Waals surface area contributed by atoms with Crippen LogP contribution in [0.5, 0.6) is 0 Å². The number of carbonyl (C=O) groups excluding carboxylic acids is 2. The Morgan fingerprint density at radius 3 is 2.65 bits per heavy atom. The summed E-state index contributed by atoms with van der Waals surface area (Å²) in [6.07, 6.45) is 6.27. The van der Waals surface area contributed by atoms with E-state index < -0.39 is 5.91 Å². The van der Waals surface area contributed by atoms with Gasteiger partial charge in [0, 0.05) is 49.7 Å². The Bertz CT molecular complexity index is 802. The average molecular weight is 354 g/mol. The van der Waals surface area contributed by atoms with Crippen molar-refractivity contribution < 1.29 is 9.59 Å². The van der Waals surface area contributed by atoms with Gasteiger partial charge in [-0.25, -0.2) is 4.98 Å². The molecule has 8 nitrogen and oxygen atoms in total. The molecule has 0 aromatic carbocycles. The minimum absolute atomic E-state index is 0.0634. The average Bonchev–Trinajstić information content (AvgIpc) is 2.67. The van der Waals surface area contributed by atoms with Crippen LogP contribution >= 0.6 is 0 Å². The standard InChI is InChI=1S/C18H22N6O2/c19-16(25)12-4-8-24(9-5-12)18-13(2-1-6-22-18)10-23-15-3-7-21-11-14(15)17(20)26/h1-3,6-7,11-12H,4-5,8-10H2,(H2,19,25)(H2,20,26)(H,21,23). The number of pyridine rings is 2. The van der Waals surface area contributed by atoms with E-state index in [0.29, 0.717) is 17.8 Å². The van der Waals surface area contributed by atoms with Gasteiger partial charge in [-0.15, -0.1) is 0 Å². The van der Waals surface area contributed by atoms with Gasteiger partial charge in [0.05, 0.1) is 11.3 Å². The summed E-state index contributed by atoms with van der Waals surface area (Å²) in [7, 11) is 0. The maximum atomic E-state index is 11.5. The van der Waals surface area contributed by atoms with E-state index in [1.54, 1.807) is 18.5 Å². The minimum atomic E-state index is -0.527. The van der Waals surface area contributed by atoms with Crippen molar-refractivity contribution in [1.29, 1.82) is 0 Å². The van der Waals surface area contributed by atoms with Crippen LogP contribution < -0.4 is 21.7 Å². The van der Waals surface area contributed by atoms with E-state index in [1.807, 2.05) is 12.1 Å². The second kappa shape index (κ2) is 7.81. The Balaban J connectivity index is 1.73. The summed E-state index contributed by atoms with van der Waals surface area (Å²) in [5.74, 6) is 0.0499. The number of piperidine rings is 1. The molecule has 0 aliphatic carbocycles. The molecule has 1 aliphatic rings. The van der Waals surface area contributed by atoms with E-state index >= 15 is 0 Å². The molecule has 26 heavy (non-hydrogen) atoms. The number of rotatable bonds is 6. The maximum Gasteiger partial charge on any atom is 0.252 e. The van der Waals surface area contributed by atoms with Gasteiger partial charge in [0.25, 0.3) is 5.91 Å². The van der Waals surface area contributed by atoms with Crippen LogP contribution in [-0.2, 0) is 11.3 Å². The van der Waals surface area contributed by atoms with Crippen molar-refractivity contribution in [3.05, 3.63) is 47.9 Å². The van der Waals surface area contributed by atoms with E-state index in [2.05, 4.69) is 20.2 Å². The van der Waals surface area contributed by atoms with Gasteiger partial charge in [0.2, 0.25) is 5.91 Å². The van der Waals surface area contributed by atoms with Crippen LogP contribution in [-0.4, -0.2) is 34.9 Å². The Morgan fingerprint density at radius 2 is 1.96 bits per heavy atom. The highest BCUT2D eigenvalue weighted by Crippen LogP contribution is 2.25. The first-order valence-electron chi connectivity index (χ1n) is 8.52. The van der Waals surface area contributed by atoms with Crippen molar-refractivity contribution >= 4 is 23.3 Å². The van der Waals surface area contributed by atoms with Gasteiger partial charge in [0.1, 0.15) is 5.82 Å². The summed E-state index contributed by atoms with van der Waals surface area (Å²) >= 11 is 0. The summed E-state index contributed by atoms with van der Waals surface area (Å²) in [5, 5.41) is 3.24. The Kier molecular flexibility index (Phi) is 5.31. The SMILES string of the molecule is NC(=O)c1cnccc1NCc1cccnc1N1CCC(C(N)=O)CC1. The van der Waals surface area contributed by atoms with Crippen molar-refractivity contribution in [3.63, 3.8) is 0 Å². The Hall–Kier alpha value is -3.16. The molecule has 0 saturated carbocycles. The fraction of sp³-hybridized carbons (Fsp3) is 0.333. The highest BCUT2D eigenvalue weighted by atomic mass is 16.1. The lowest BCUT2D eigenvalue weighted by molar-refractivity contribution is -0.122. The van der Waals surface area contributed by atoms with Gasteiger partial charge < -0.3 is 21.7 Å². The first-order valence-corrected chi connectivity index (χ1v) is 8.52. The summed E-state index contributed by atoms with van der Waals surface area (Å²) < 4.78 is 0. The zero-order chi connectivity index (χ0) is 18.5. The number of nitrogens with one attached hydrogen (secondary N) is 1. The van der Waals surface area contributed by atoms with Crippen LogP contribution in [0.2, 0.25) is 0 Å². The molecule has 2 aromatic heterocycles. The topological polar surface area (TPSA) is 127 Å². The molecule has 1 fully saturated rings. The molecule has 5 N–H and O–H groups in total. The number of anilines is 2. The number of hydrogen-bond donors (Lipinski definition) is 3. The molecule has 0 atom stereocenters. The van der Waals surface area contributed by atoms with Crippen LogP contribution in [0.25, 0.3) is 0 Å². The smallest absolute Gasteiger partial charge is 0.252 e. The normalized spacial score (nSPS) is 14.8. The molecule has 0 spiro atoms. The molecule has 3 rings (SSSR count). The fourth-order valence-corrected chi connectivity index (χ4v) is 3.16. The molecule has 0 radical (unpaired) electrons. The van der Waals surface area contributed by atoms with Crippen molar-refractivity contribution in [2.24, 2.45) is 17.4 Å². The molecule has 1 aliphatic heterocycles. The summed E-state index contributed by atoms with van der Waals surface area (Å²) in [6, 6.07) is 5.58. The first kappa shape index (κ1) is 17.7. The molecule has 136 valence electrons. The zero-order valence-corrected chi connectivity index (χ0v) is 14.4. The predicted octanol–water partition coefficient (Wildman–Crippen LogP) is 0.889. The van der Waals surface area contributed by atoms with Gasteiger partial charge in [-0.2, -0.15) is 0 Å². The number of nitrogens with zero attached hydrogens (tertiary/aromatic N) is 3. The second-order valence-corrected chi connectivity index (χ2v) is 6.29. The van der Waals surface area contributed by atoms with Crippen LogP contribution in [0.15, 0.2) is 36.8 Å². The molecule has 8 heteroatoms. The third-order valence-corrected chi connectivity index (χ3v) is 4.62. The van der Waals surface area contributed by atoms with Crippen LogP contribution in [0.3, 0.4) is 0 Å². The molecule has 0 unspecified atom stereocenters. The van der Waals surface area contributed by atoms with E-state index in [4.69, 9.17) is 11.5 Å². The Morgan fingerprint density at radius 1 is 1.19 bits per heavy atom. The number of aromatic nitrogens is 2. The van der Waals surface area contributed by atoms with Gasteiger partial charge >= 0.3 is 0 Å². The largest absolute Gasteiger partial charge is 0.380 e. The third kappa shape index (κ3) is 3.90. The lowest BCUT2D eigenvalue weighted by Gasteiger charge is -2.32. The molecular weight excluding hydrogens is 332 g/mol. The lowest BCUT2D eigenvalue weighted by Crippen LogP contribution is -2.39. The number of nitrogens with two attached hydrogens (primary N) is 2. The van der Waals surface area contributed by atoms with Crippen molar-refractivity contribution in [2.45, 2.75) is 19.4 Å².